The Morgan fingerprint density at radius 2 is 2.04 bits per heavy atom. The van der Waals surface area contributed by atoms with Crippen molar-refractivity contribution >= 4 is 11.7 Å². The third kappa shape index (κ3) is 4.96. The summed E-state index contributed by atoms with van der Waals surface area (Å²) in [7, 11) is 1.57. The van der Waals surface area contributed by atoms with Crippen LogP contribution in [0, 0.1) is 5.82 Å². The molecule has 24 heavy (non-hydrogen) atoms. The molecule has 0 heterocycles. The summed E-state index contributed by atoms with van der Waals surface area (Å²) in [5.41, 5.74) is 1.24. The number of urea groups is 1. The minimum atomic E-state index is -0.417. The second-order valence-electron chi connectivity index (χ2n) is 5.25. The van der Waals surface area contributed by atoms with Crippen LogP contribution in [-0.4, -0.2) is 36.3 Å². The Kier molecular flexibility index (Phi) is 6.57. The van der Waals surface area contributed by atoms with Gasteiger partial charge >= 0.3 is 6.03 Å². The highest BCUT2D eigenvalue weighted by molar-refractivity contribution is 5.89. The Morgan fingerprint density at radius 1 is 1.25 bits per heavy atom. The number of hydrogen-bond acceptors (Lipinski definition) is 3. The first-order chi connectivity index (χ1) is 11.6. The molecule has 0 spiro atoms. The number of anilines is 1. The van der Waals surface area contributed by atoms with Gasteiger partial charge in [-0.05, 0) is 30.7 Å². The summed E-state index contributed by atoms with van der Waals surface area (Å²) < 4.78 is 18.6. The fraction of sp³-hybridized carbons (Fsp3) is 0.278. The summed E-state index contributed by atoms with van der Waals surface area (Å²) in [6.07, 6.45) is 0.450. The zero-order chi connectivity index (χ0) is 17.4. The minimum absolute atomic E-state index is 0.0182. The van der Waals surface area contributed by atoms with Gasteiger partial charge in [0.05, 0.1) is 13.7 Å². The van der Waals surface area contributed by atoms with Crippen LogP contribution in [0.2, 0.25) is 0 Å². The molecule has 0 fully saturated rings. The number of halogens is 1. The molecule has 0 radical (unpaired) electrons. The van der Waals surface area contributed by atoms with Crippen molar-refractivity contribution in [3.63, 3.8) is 0 Å². The standard InChI is InChI=1S/C18H21FN2O3/c1-24-17-9-3-2-6-14(17)13-21(10-5-11-22)18(23)20-16-8-4-7-15(19)12-16/h2-4,6-9,12,22H,5,10-11,13H2,1H3,(H,20,23). The summed E-state index contributed by atoms with van der Waals surface area (Å²) in [6.45, 7) is 0.677. The van der Waals surface area contributed by atoms with E-state index in [-0.39, 0.29) is 12.6 Å². The summed E-state index contributed by atoms with van der Waals surface area (Å²) in [5.74, 6) is 0.268. The van der Waals surface area contributed by atoms with Gasteiger partial charge in [-0.25, -0.2) is 9.18 Å². The molecule has 0 aromatic heterocycles. The van der Waals surface area contributed by atoms with E-state index in [1.807, 2.05) is 24.3 Å². The lowest BCUT2D eigenvalue weighted by atomic mass is 10.2. The van der Waals surface area contributed by atoms with E-state index in [4.69, 9.17) is 9.84 Å². The van der Waals surface area contributed by atoms with E-state index in [9.17, 15) is 9.18 Å². The Bertz CT molecular complexity index is 679. The first-order valence-electron chi connectivity index (χ1n) is 7.68. The Labute approximate surface area is 140 Å². The summed E-state index contributed by atoms with van der Waals surface area (Å²) in [5, 5.41) is 11.7. The van der Waals surface area contributed by atoms with E-state index >= 15 is 0 Å². The molecule has 2 rings (SSSR count). The van der Waals surface area contributed by atoms with Gasteiger partial charge in [-0.1, -0.05) is 24.3 Å². The molecule has 0 aliphatic rings. The fourth-order valence-corrected chi connectivity index (χ4v) is 2.32. The smallest absolute Gasteiger partial charge is 0.322 e. The van der Waals surface area contributed by atoms with Crippen LogP contribution in [-0.2, 0) is 6.54 Å². The molecule has 0 saturated carbocycles. The van der Waals surface area contributed by atoms with Crippen LogP contribution in [0.5, 0.6) is 5.75 Å². The number of para-hydroxylation sites is 1. The molecule has 0 atom stereocenters. The van der Waals surface area contributed by atoms with Gasteiger partial charge in [-0.15, -0.1) is 0 Å². The second kappa shape index (κ2) is 8.88. The summed E-state index contributed by atoms with van der Waals surface area (Å²) in [6, 6.07) is 12.8. The van der Waals surface area contributed by atoms with Gasteiger partial charge in [0.2, 0.25) is 0 Å². The minimum Gasteiger partial charge on any atom is -0.496 e. The number of aliphatic hydroxyl groups is 1. The van der Waals surface area contributed by atoms with E-state index in [1.54, 1.807) is 18.1 Å². The zero-order valence-corrected chi connectivity index (χ0v) is 13.5. The van der Waals surface area contributed by atoms with Crippen LogP contribution in [0.25, 0.3) is 0 Å². The maximum atomic E-state index is 13.3. The molecule has 0 saturated heterocycles. The van der Waals surface area contributed by atoms with Crippen molar-refractivity contribution in [1.82, 2.24) is 4.90 Å². The van der Waals surface area contributed by atoms with E-state index in [0.717, 1.165) is 5.56 Å². The van der Waals surface area contributed by atoms with Crippen molar-refractivity contribution in [3.05, 3.63) is 59.9 Å². The molecule has 0 unspecified atom stereocenters. The van der Waals surface area contributed by atoms with Gasteiger partial charge in [0.15, 0.2) is 0 Å². The molecule has 6 heteroatoms. The largest absolute Gasteiger partial charge is 0.496 e. The number of carbonyl (C=O) groups excluding carboxylic acids is 1. The third-order valence-corrected chi connectivity index (χ3v) is 3.50. The predicted molar refractivity (Wildman–Crippen MR) is 90.5 cm³/mol. The fourth-order valence-electron chi connectivity index (χ4n) is 2.32. The number of nitrogens with zero attached hydrogens (tertiary/aromatic N) is 1. The number of nitrogens with one attached hydrogen (secondary N) is 1. The lowest BCUT2D eigenvalue weighted by molar-refractivity contribution is 0.198. The Morgan fingerprint density at radius 3 is 2.75 bits per heavy atom. The van der Waals surface area contributed by atoms with Gasteiger partial charge in [0.1, 0.15) is 11.6 Å². The number of carbonyl (C=O) groups is 1. The van der Waals surface area contributed by atoms with Crippen molar-refractivity contribution in [2.45, 2.75) is 13.0 Å². The van der Waals surface area contributed by atoms with E-state index < -0.39 is 5.82 Å². The van der Waals surface area contributed by atoms with Crippen molar-refractivity contribution in [3.8, 4) is 5.75 Å². The zero-order valence-electron chi connectivity index (χ0n) is 13.5. The average Bonchev–Trinajstić information content (AvgIpc) is 2.58. The average molecular weight is 332 g/mol. The first kappa shape index (κ1) is 17.7. The van der Waals surface area contributed by atoms with Crippen LogP contribution in [0.3, 0.4) is 0 Å². The molecule has 2 amide bonds. The highest BCUT2D eigenvalue weighted by atomic mass is 19.1. The number of hydrogen-bond donors (Lipinski definition) is 2. The SMILES string of the molecule is COc1ccccc1CN(CCCO)C(=O)Nc1cccc(F)c1. The third-order valence-electron chi connectivity index (χ3n) is 3.50. The maximum Gasteiger partial charge on any atom is 0.322 e. The molecule has 2 N–H and O–H groups in total. The monoisotopic (exact) mass is 332 g/mol. The van der Waals surface area contributed by atoms with Gasteiger partial charge < -0.3 is 20.1 Å². The van der Waals surface area contributed by atoms with Crippen molar-refractivity contribution in [2.75, 3.05) is 25.6 Å². The second-order valence-corrected chi connectivity index (χ2v) is 5.25. The van der Waals surface area contributed by atoms with Crippen LogP contribution >= 0.6 is 0 Å². The van der Waals surface area contributed by atoms with Gasteiger partial charge in [-0.2, -0.15) is 0 Å². The molecule has 0 bridgehead atoms. The van der Waals surface area contributed by atoms with E-state index in [2.05, 4.69) is 5.32 Å². The summed E-state index contributed by atoms with van der Waals surface area (Å²) in [4.78, 5) is 14.1. The molecule has 0 aliphatic carbocycles. The quantitative estimate of drug-likeness (QED) is 0.818. The van der Waals surface area contributed by atoms with Crippen LogP contribution in [0.15, 0.2) is 48.5 Å². The Hall–Kier alpha value is -2.60. The molecule has 2 aromatic rings. The topological polar surface area (TPSA) is 61.8 Å². The Balaban J connectivity index is 2.13. The number of methoxy groups -OCH3 is 1. The molecule has 0 aliphatic heterocycles. The number of amides is 2. The van der Waals surface area contributed by atoms with Crippen LogP contribution in [0.4, 0.5) is 14.9 Å². The first-order valence-corrected chi connectivity index (χ1v) is 7.68. The van der Waals surface area contributed by atoms with Crippen molar-refractivity contribution in [1.29, 1.82) is 0 Å². The molecule has 128 valence electrons. The molecular weight excluding hydrogens is 311 g/mol. The van der Waals surface area contributed by atoms with Gasteiger partial charge in [-0.3, -0.25) is 0 Å². The number of benzene rings is 2. The molecular formula is C18H21FN2O3. The summed E-state index contributed by atoms with van der Waals surface area (Å²) >= 11 is 0. The van der Waals surface area contributed by atoms with Gasteiger partial charge in [0.25, 0.3) is 0 Å². The van der Waals surface area contributed by atoms with Crippen molar-refractivity contribution in [2.24, 2.45) is 0 Å². The highest BCUT2D eigenvalue weighted by Crippen LogP contribution is 2.20. The lowest BCUT2D eigenvalue weighted by Gasteiger charge is -2.24. The molecule has 2 aromatic carbocycles. The van der Waals surface area contributed by atoms with Crippen LogP contribution in [0.1, 0.15) is 12.0 Å². The van der Waals surface area contributed by atoms with E-state index in [1.165, 1.54) is 18.2 Å². The maximum absolute atomic E-state index is 13.3. The number of aliphatic hydroxyl groups excluding tert-OH is 1. The number of ether oxygens (including phenoxy) is 1. The predicted octanol–water partition coefficient (Wildman–Crippen LogP) is 3.25. The van der Waals surface area contributed by atoms with Crippen LogP contribution < -0.4 is 10.1 Å². The van der Waals surface area contributed by atoms with E-state index in [0.29, 0.717) is 30.9 Å². The van der Waals surface area contributed by atoms with Gasteiger partial charge in [0, 0.05) is 24.4 Å². The van der Waals surface area contributed by atoms with Crippen molar-refractivity contribution < 1.29 is 19.0 Å². The molecule has 5 nitrogen and oxygen atoms in total. The lowest BCUT2D eigenvalue weighted by Crippen LogP contribution is -2.35. The normalized spacial score (nSPS) is 10.3. The number of rotatable bonds is 7. The highest BCUT2D eigenvalue weighted by Gasteiger charge is 2.16.